The molecule has 0 bridgehead atoms. The SMILES string of the molecule is CCCN(CCC)C(=O)c1ccc(NCC(=O)Nc2ccc3ccccc3c2)cc1. The van der Waals surface area contributed by atoms with E-state index in [2.05, 4.69) is 24.5 Å². The van der Waals surface area contributed by atoms with Crippen molar-refractivity contribution in [3.63, 3.8) is 0 Å². The molecule has 0 aliphatic carbocycles. The molecule has 0 spiro atoms. The molecule has 0 aliphatic rings. The molecule has 2 N–H and O–H groups in total. The van der Waals surface area contributed by atoms with E-state index in [0.29, 0.717) is 5.56 Å². The lowest BCUT2D eigenvalue weighted by Gasteiger charge is -2.21. The number of hydrogen-bond acceptors (Lipinski definition) is 3. The zero-order valence-electron chi connectivity index (χ0n) is 17.7. The molecular weight excluding hydrogens is 374 g/mol. The Balaban J connectivity index is 1.54. The van der Waals surface area contributed by atoms with Gasteiger partial charge in [0, 0.05) is 30.0 Å². The Labute approximate surface area is 178 Å². The van der Waals surface area contributed by atoms with Crippen molar-refractivity contribution in [1.29, 1.82) is 0 Å². The molecule has 5 nitrogen and oxygen atoms in total. The van der Waals surface area contributed by atoms with Crippen LogP contribution in [-0.2, 0) is 4.79 Å². The van der Waals surface area contributed by atoms with E-state index in [1.165, 1.54) is 0 Å². The molecule has 0 saturated heterocycles. The number of carbonyl (C=O) groups is 2. The monoisotopic (exact) mass is 403 g/mol. The Bertz CT molecular complexity index is 993. The molecule has 3 aromatic carbocycles. The summed E-state index contributed by atoms with van der Waals surface area (Å²) < 4.78 is 0. The summed E-state index contributed by atoms with van der Waals surface area (Å²) in [6.07, 6.45) is 1.88. The fourth-order valence-corrected chi connectivity index (χ4v) is 3.42. The van der Waals surface area contributed by atoms with Gasteiger partial charge >= 0.3 is 0 Å². The van der Waals surface area contributed by atoms with E-state index in [4.69, 9.17) is 0 Å². The smallest absolute Gasteiger partial charge is 0.253 e. The molecule has 156 valence electrons. The summed E-state index contributed by atoms with van der Waals surface area (Å²) >= 11 is 0. The molecule has 0 atom stereocenters. The van der Waals surface area contributed by atoms with E-state index in [1.807, 2.05) is 71.6 Å². The first kappa shape index (κ1) is 21.4. The maximum absolute atomic E-state index is 12.6. The van der Waals surface area contributed by atoms with Crippen LogP contribution in [0.1, 0.15) is 37.0 Å². The van der Waals surface area contributed by atoms with Crippen LogP contribution in [0.25, 0.3) is 10.8 Å². The second-order valence-corrected chi connectivity index (χ2v) is 7.33. The Morgan fingerprint density at radius 1 is 0.800 bits per heavy atom. The minimum absolute atomic E-state index is 0.0549. The molecule has 3 rings (SSSR count). The average Bonchev–Trinajstić information content (AvgIpc) is 2.77. The lowest BCUT2D eigenvalue weighted by atomic mass is 10.1. The van der Waals surface area contributed by atoms with Gasteiger partial charge in [-0.3, -0.25) is 9.59 Å². The van der Waals surface area contributed by atoms with Gasteiger partial charge in [-0.1, -0.05) is 44.2 Å². The minimum atomic E-state index is -0.123. The van der Waals surface area contributed by atoms with Crippen LogP contribution in [0.15, 0.2) is 66.7 Å². The second kappa shape index (κ2) is 10.4. The van der Waals surface area contributed by atoms with E-state index < -0.39 is 0 Å². The van der Waals surface area contributed by atoms with Crippen molar-refractivity contribution < 1.29 is 9.59 Å². The summed E-state index contributed by atoms with van der Waals surface area (Å²) in [6.45, 7) is 5.83. The van der Waals surface area contributed by atoms with Crippen LogP contribution in [0.4, 0.5) is 11.4 Å². The lowest BCUT2D eigenvalue weighted by molar-refractivity contribution is -0.114. The molecule has 0 saturated carbocycles. The van der Waals surface area contributed by atoms with Crippen molar-refractivity contribution >= 4 is 34.0 Å². The topological polar surface area (TPSA) is 61.4 Å². The van der Waals surface area contributed by atoms with Crippen LogP contribution < -0.4 is 10.6 Å². The van der Waals surface area contributed by atoms with Gasteiger partial charge in [-0.05, 0) is 60.0 Å². The number of nitrogens with one attached hydrogen (secondary N) is 2. The predicted molar refractivity (Wildman–Crippen MR) is 124 cm³/mol. The summed E-state index contributed by atoms with van der Waals surface area (Å²) in [5.41, 5.74) is 2.24. The molecule has 3 aromatic rings. The van der Waals surface area contributed by atoms with Crippen LogP contribution in [-0.4, -0.2) is 36.3 Å². The van der Waals surface area contributed by atoms with Crippen LogP contribution >= 0.6 is 0 Å². The van der Waals surface area contributed by atoms with Gasteiger partial charge in [0.1, 0.15) is 0 Å². The van der Waals surface area contributed by atoms with Crippen molar-refractivity contribution in [3.05, 3.63) is 72.3 Å². The van der Waals surface area contributed by atoms with Gasteiger partial charge < -0.3 is 15.5 Å². The number of anilines is 2. The van der Waals surface area contributed by atoms with Crippen LogP contribution in [0.3, 0.4) is 0 Å². The lowest BCUT2D eigenvalue weighted by Crippen LogP contribution is -2.32. The van der Waals surface area contributed by atoms with Gasteiger partial charge in [-0.2, -0.15) is 0 Å². The highest BCUT2D eigenvalue weighted by molar-refractivity contribution is 5.97. The van der Waals surface area contributed by atoms with Crippen LogP contribution in [0.2, 0.25) is 0 Å². The standard InChI is InChI=1S/C25H29N3O2/c1-3-15-28(16-4-2)25(30)20-10-12-22(13-11-20)26-18-24(29)27-23-14-9-19-7-5-6-8-21(19)17-23/h5-14,17,26H,3-4,15-16,18H2,1-2H3,(H,27,29). The molecular formula is C25H29N3O2. The van der Waals surface area contributed by atoms with E-state index in [-0.39, 0.29) is 18.4 Å². The molecule has 0 radical (unpaired) electrons. The summed E-state index contributed by atoms with van der Waals surface area (Å²) in [4.78, 5) is 26.8. The molecule has 0 unspecified atom stereocenters. The molecule has 0 aromatic heterocycles. The van der Waals surface area contributed by atoms with Crippen LogP contribution in [0.5, 0.6) is 0 Å². The van der Waals surface area contributed by atoms with Crippen molar-refractivity contribution in [2.75, 3.05) is 30.3 Å². The van der Waals surface area contributed by atoms with E-state index in [9.17, 15) is 9.59 Å². The Hall–Kier alpha value is -3.34. The molecule has 2 amide bonds. The maximum Gasteiger partial charge on any atom is 0.253 e. The summed E-state index contributed by atoms with van der Waals surface area (Å²) in [6, 6.07) is 21.2. The molecule has 0 fully saturated rings. The molecule has 0 aliphatic heterocycles. The normalized spacial score (nSPS) is 10.6. The maximum atomic E-state index is 12.6. The second-order valence-electron chi connectivity index (χ2n) is 7.33. The number of fused-ring (bicyclic) bond motifs is 1. The van der Waals surface area contributed by atoms with E-state index in [1.54, 1.807) is 0 Å². The first-order chi connectivity index (χ1) is 14.6. The highest BCUT2D eigenvalue weighted by atomic mass is 16.2. The third-order valence-corrected chi connectivity index (χ3v) is 4.89. The molecule has 0 heterocycles. The molecule has 5 heteroatoms. The average molecular weight is 404 g/mol. The Morgan fingerprint density at radius 2 is 1.43 bits per heavy atom. The fourth-order valence-electron chi connectivity index (χ4n) is 3.42. The quantitative estimate of drug-likeness (QED) is 0.519. The zero-order chi connectivity index (χ0) is 21.3. The van der Waals surface area contributed by atoms with Crippen molar-refractivity contribution in [1.82, 2.24) is 4.90 Å². The van der Waals surface area contributed by atoms with Gasteiger partial charge in [0.05, 0.1) is 6.54 Å². The fraction of sp³-hybridized carbons (Fsp3) is 0.280. The van der Waals surface area contributed by atoms with Gasteiger partial charge in [0.25, 0.3) is 5.91 Å². The van der Waals surface area contributed by atoms with Crippen molar-refractivity contribution in [3.8, 4) is 0 Å². The van der Waals surface area contributed by atoms with Crippen LogP contribution in [0, 0.1) is 0 Å². The third-order valence-electron chi connectivity index (χ3n) is 4.89. The van der Waals surface area contributed by atoms with E-state index in [0.717, 1.165) is 48.1 Å². The van der Waals surface area contributed by atoms with Gasteiger partial charge in [0.15, 0.2) is 0 Å². The number of nitrogens with zero attached hydrogens (tertiary/aromatic N) is 1. The van der Waals surface area contributed by atoms with E-state index >= 15 is 0 Å². The highest BCUT2D eigenvalue weighted by Crippen LogP contribution is 2.19. The zero-order valence-corrected chi connectivity index (χ0v) is 17.7. The molecule has 30 heavy (non-hydrogen) atoms. The number of hydrogen-bond donors (Lipinski definition) is 2. The third kappa shape index (κ3) is 5.60. The Kier molecular flexibility index (Phi) is 7.44. The first-order valence-electron chi connectivity index (χ1n) is 10.5. The van der Waals surface area contributed by atoms with Gasteiger partial charge in [-0.25, -0.2) is 0 Å². The van der Waals surface area contributed by atoms with Gasteiger partial charge in [-0.15, -0.1) is 0 Å². The highest BCUT2D eigenvalue weighted by Gasteiger charge is 2.14. The van der Waals surface area contributed by atoms with Crippen molar-refractivity contribution in [2.45, 2.75) is 26.7 Å². The number of amides is 2. The largest absolute Gasteiger partial charge is 0.376 e. The predicted octanol–water partition coefficient (Wildman–Crippen LogP) is 5.15. The summed E-state index contributed by atoms with van der Waals surface area (Å²) in [7, 11) is 0. The van der Waals surface area contributed by atoms with Gasteiger partial charge in [0.2, 0.25) is 5.91 Å². The summed E-state index contributed by atoms with van der Waals surface area (Å²) in [5.74, 6) is -0.0678. The first-order valence-corrected chi connectivity index (χ1v) is 10.5. The summed E-state index contributed by atoms with van der Waals surface area (Å²) in [5, 5.41) is 8.25. The minimum Gasteiger partial charge on any atom is -0.376 e. The number of carbonyl (C=O) groups excluding carboxylic acids is 2. The number of benzene rings is 3. The Morgan fingerprint density at radius 3 is 2.10 bits per heavy atom. The van der Waals surface area contributed by atoms with Crippen molar-refractivity contribution in [2.24, 2.45) is 0 Å². The number of rotatable bonds is 9.